The molecule has 1 aromatic heterocycles. The number of nitrogens with zero attached hydrogens (tertiary/aromatic N) is 2. The number of ether oxygens (including phenoxy) is 1. The number of anilines is 1. The molecule has 0 bridgehead atoms. The molecule has 146 valence electrons. The quantitative estimate of drug-likeness (QED) is 0.310. The van der Waals surface area contributed by atoms with E-state index >= 15 is 0 Å². The van der Waals surface area contributed by atoms with E-state index in [0.717, 1.165) is 3.57 Å². The molecule has 0 unspecified atom stereocenters. The average Bonchev–Trinajstić information content (AvgIpc) is 2.64. The van der Waals surface area contributed by atoms with Crippen LogP contribution in [-0.2, 0) is 9.53 Å². The number of pyridine rings is 1. The fraction of sp³-hybridized carbons (Fsp3) is 0.111. The molecule has 10 heteroatoms. The van der Waals surface area contributed by atoms with Crippen LogP contribution in [0.5, 0.6) is 0 Å². The highest BCUT2D eigenvalue weighted by atomic mass is 127. The summed E-state index contributed by atoms with van der Waals surface area (Å²) in [6.45, 7) is 1.75. The Morgan fingerprint density at radius 3 is 2.68 bits per heavy atom. The molecular weight excluding hydrogens is 497 g/mol. The van der Waals surface area contributed by atoms with E-state index in [1.165, 1.54) is 19.4 Å². The maximum Gasteiger partial charge on any atom is 0.274 e. The summed E-state index contributed by atoms with van der Waals surface area (Å²) in [5, 5.41) is 2.91. The lowest BCUT2D eigenvalue weighted by atomic mass is 10.1. The lowest BCUT2D eigenvalue weighted by Crippen LogP contribution is -2.25. The van der Waals surface area contributed by atoms with Crippen molar-refractivity contribution in [2.75, 3.05) is 12.4 Å². The molecule has 1 aromatic carbocycles. The fourth-order valence-electron chi connectivity index (χ4n) is 2.20. The van der Waals surface area contributed by atoms with Crippen LogP contribution in [0.4, 0.5) is 11.5 Å². The second kappa shape index (κ2) is 9.51. The largest absolute Gasteiger partial charge is 0.483 e. The molecule has 0 saturated heterocycles. The standard InChI is InChI=1S/C18H17ClIN5O3/c1-9-6-10(20)7-11(16(22)26)15(9)25-18(27)13(8-14(21)28-2)24-17-12(19)4-3-5-23-17/h3-8H,21H2,1-2H3,(H2,22,26)(H,25,27)/b14-8+,24-13-. The third-order valence-electron chi connectivity index (χ3n) is 3.52. The third kappa shape index (κ3) is 5.42. The molecule has 1 heterocycles. The van der Waals surface area contributed by atoms with E-state index in [2.05, 4.69) is 37.9 Å². The molecule has 0 fully saturated rings. The minimum absolute atomic E-state index is 0.0459. The Kier molecular flexibility index (Phi) is 7.35. The van der Waals surface area contributed by atoms with Crippen molar-refractivity contribution in [1.29, 1.82) is 0 Å². The van der Waals surface area contributed by atoms with Crippen molar-refractivity contribution in [1.82, 2.24) is 4.98 Å². The van der Waals surface area contributed by atoms with E-state index in [4.69, 9.17) is 27.8 Å². The van der Waals surface area contributed by atoms with Crippen LogP contribution in [0.3, 0.4) is 0 Å². The number of carbonyl (C=O) groups is 2. The van der Waals surface area contributed by atoms with Gasteiger partial charge in [0.25, 0.3) is 11.8 Å². The van der Waals surface area contributed by atoms with Crippen molar-refractivity contribution in [3.63, 3.8) is 0 Å². The number of aliphatic imine (C=N–C) groups is 1. The van der Waals surface area contributed by atoms with Gasteiger partial charge < -0.3 is 21.5 Å². The topological polar surface area (TPSA) is 133 Å². The molecule has 28 heavy (non-hydrogen) atoms. The number of nitrogens with one attached hydrogen (secondary N) is 1. The first-order chi connectivity index (χ1) is 13.2. The summed E-state index contributed by atoms with van der Waals surface area (Å²) in [6.07, 6.45) is 2.71. The minimum Gasteiger partial charge on any atom is -0.483 e. The smallest absolute Gasteiger partial charge is 0.274 e. The Labute approximate surface area is 180 Å². The van der Waals surface area contributed by atoms with Gasteiger partial charge in [-0.3, -0.25) is 9.59 Å². The average molecular weight is 514 g/mol. The molecular formula is C18H17ClIN5O3. The molecule has 0 saturated carbocycles. The first-order valence-electron chi connectivity index (χ1n) is 7.84. The SMILES string of the molecule is CO/C(N)=C/C(=N/c1ncccc1Cl)C(=O)Nc1c(C)cc(I)cc1C(N)=O. The summed E-state index contributed by atoms with van der Waals surface area (Å²) in [5.41, 5.74) is 12.1. The summed E-state index contributed by atoms with van der Waals surface area (Å²) in [5.74, 6) is -1.23. The van der Waals surface area contributed by atoms with Crippen molar-refractivity contribution in [2.24, 2.45) is 16.5 Å². The predicted octanol–water partition coefficient (Wildman–Crippen LogP) is 2.90. The van der Waals surface area contributed by atoms with Gasteiger partial charge in [-0.15, -0.1) is 0 Å². The molecule has 2 aromatic rings. The number of amides is 2. The number of aryl methyl sites for hydroxylation is 1. The maximum absolute atomic E-state index is 12.9. The Morgan fingerprint density at radius 2 is 2.07 bits per heavy atom. The van der Waals surface area contributed by atoms with Crippen molar-refractivity contribution in [2.45, 2.75) is 6.92 Å². The number of methoxy groups -OCH3 is 1. The van der Waals surface area contributed by atoms with E-state index in [1.807, 2.05) is 0 Å². The van der Waals surface area contributed by atoms with Crippen LogP contribution in [0.1, 0.15) is 15.9 Å². The van der Waals surface area contributed by atoms with Gasteiger partial charge in [-0.1, -0.05) is 11.6 Å². The number of aromatic nitrogens is 1. The molecule has 0 atom stereocenters. The lowest BCUT2D eigenvalue weighted by Gasteiger charge is -2.13. The minimum atomic E-state index is -0.671. The van der Waals surface area contributed by atoms with Gasteiger partial charge in [0.1, 0.15) is 5.71 Å². The molecule has 0 spiro atoms. The van der Waals surface area contributed by atoms with Crippen molar-refractivity contribution in [3.8, 4) is 0 Å². The Hall–Kier alpha value is -2.66. The first kappa shape index (κ1) is 21.6. The fourth-order valence-corrected chi connectivity index (χ4v) is 3.14. The molecule has 2 rings (SSSR count). The monoisotopic (exact) mass is 513 g/mol. The number of benzene rings is 1. The van der Waals surface area contributed by atoms with Crippen LogP contribution in [-0.4, -0.2) is 29.6 Å². The highest BCUT2D eigenvalue weighted by Crippen LogP contribution is 2.25. The number of primary amides is 1. The van der Waals surface area contributed by atoms with E-state index < -0.39 is 11.8 Å². The summed E-state index contributed by atoms with van der Waals surface area (Å²) in [7, 11) is 1.35. The van der Waals surface area contributed by atoms with Crippen LogP contribution in [0, 0.1) is 10.5 Å². The number of nitrogens with two attached hydrogens (primary N) is 2. The molecule has 0 aliphatic rings. The highest BCUT2D eigenvalue weighted by Gasteiger charge is 2.18. The summed E-state index contributed by atoms with van der Waals surface area (Å²) in [4.78, 5) is 32.9. The van der Waals surface area contributed by atoms with E-state index in [1.54, 1.807) is 31.2 Å². The Bertz CT molecular complexity index is 991. The first-order valence-corrected chi connectivity index (χ1v) is 9.30. The summed E-state index contributed by atoms with van der Waals surface area (Å²) in [6, 6.07) is 6.60. The second-order valence-electron chi connectivity index (χ2n) is 5.52. The molecule has 2 amide bonds. The number of halogens is 2. The Morgan fingerprint density at radius 1 is 1.36 bits per heavy atom. The zero-order valence-corrected chi connectivity index (χ0v) is 17.9. The third-order valence-corrected chi connectivity index (χ3v) is 4.43. The van der Waals surface area contributed by atoms with Gasteiger partial charge >= 0.3 is 0 Å². The second-order valence-corrected chi connectivity index (χ2v) is 7.17. The molecule has 5 N–H and O–H groups in total. The van der Waals surface area contributed by atoms with E-state index in [0.29, 0.717) is 5.56 Å². The molecule has 0 aliphatic heterocycles. The molecule has 8 nitrogen and oxygen atoms in total. The summed E-state index contributed by atoms with van der Waals surface area (Å²) < 4.78 is 5.71. The van der Waals surface area contributed by atoms with Crippen molar-refractivity contribution < 1.29 is 14.3 Å². The number of rotatable bonds is 6. The van der Waals surface area contributed by atoms with Crippen LogP contribution in [0.25, 0.3) is 0 Å². The van der Waals surface area contributed by atoms with Crippen LogP contribution in [0.2, 0.25) is 5.02 Å². The number of hydrogen-bond acceptors (Lipinski definition) is 6. The van der Waals surface area contributed by atoms with Gasteiger partial charge in [-0.05, 0) is 59.3 Å². The highest BCUT2D eigenvalue weighted by molar-refractivity contribution is 14.1. The van der Waals surface area contributed by atoms with Gasteiger partial charge in [0.15, 0.2) is 11.7 Å². The van der Waals surface area contributed by atoms with Crippen LogP contribution in [0.15, 0.2) is 47.4 Å². The zero-order chi connectivity index (χ0) is 20.8. The Balaban J connectivity index is 2.51. The molecule has 0 radical (unpaired) electrons. The van der Waals surface area contributed by atoms with E-state index in [9.17, 15) is 9.59 Å². The summed E-state index contributed by atoms with van der Waals surface area (Å²) >= 11 is 8.12. The van der Waals surface area contributed by atoms with Gasteiger partial charge in [0.2, 0.25) is 0 Å². The van der Waals surface area contributed by atoms with Crippen molar-refractivity contribution in [3.05, 3.63) is 62.1 Å². The van der Waals surface area contributed by atoms with Gasteiger partial charge in [0.05, 0.1) is 23.4 Å². The van der Waals surface area contributed by atoms with Gasteiger partial charge in [-0.2, -0.15) is 0 Å². The lowest BCUT2D eigenvalue weighted by molar-refractivity contribution is -0.110. The van der Waals surface area contributed by atoms with Gasteiger partial charge in [0, 0.05) is 15.8 Å². The van der Waals surface area contributed by atoms with Gasteiger partial charge in [-0.25, -0.2) is 9.98 Å². The van der Waals surface area contributed by atoms with E-state index in [-0.39, 0.29) is 33.7 Å². The van der Waals surface area contributed by atoms with Crippen molar-refractivity contribution >= 4 is 63.2 Å². The van der Waals surface area contributed by atoms with Crippen LogP contribution >= 0.6 is 34.2 Å². The molecule has 0 aliphatic carbocycles. The normalized spacial score (nSPS) is 11.9. The number of hydrogen-bond donors (Lipinski definition) is 3. The maximum atomic E-state index is 12.9. The number of carbonyl (C=O) groups excluding carboxylic acids is 2. The predicted molar refractivity (Wildman–Crippen MR) is 117 cm³/mol. The zero-order valence-electron chi connectivity index (χ0n) is 15.0. The van der Waals surface area contributed by atoms with Crippen LogP contribution < -0.4 is 16.8 Å².